The molecule has 0 aromatic heterocycles. The number of hydrogen-bond acceptors (Lipinski definition) is 6. The molecule has 7 heteroatoms. The van der Waals surface area contributed by atoms with Crippen molar-refractivity contribution in [2.24, 2.45) is 0 Å². The lowest BCUT2D eigenvalue weighted by Gasteiger charge is -2.18. The summed E-state index contributed by atoms with van der Waals surface area (Å²) in [6.07, 6.45) is 0.829. The second-order valence-corrected chi connectivity index (χ2v) is 4.40. The zero-order chi connectivity index (χ0) is 15.5. The van der Waals surface area contributed by atoms with Crippen molar-refractivity contribution in [3.63, 3.8) is 0 Å². The minimum absolute atomic E-state index is 0.374. The molecule has 0 amide bonds. The number of carbonyl (C=O) groups excluding carboxylic acids is 1. The summed E-state index contributed by atoms with van der Waals surface area (Å²) in [5.74, 6) is -2.02. The zero-order valence-corrected chi connectivity index (χ0v) is 11.1. The van der Waals surface area contributed by atoms with Crippen LogP contribution in [0.1, 0.15) is 17.5 Å². The number of aliphatic carboxylic acids is 1. The summed E-state index contributed by atoms with van der Waals surface area (Å²) >= 11 is 0. The van der Waals surface area contributed by atoms with E-state index in [0.29, 0.717) is 16.8 Å². The first-order valence-electron chi connectivity index (χ1n) is 5.98. The predicted octanol–water partition coefficient (Wildman–Crippen LogP) is 0.820. The fourth-order valence-corrected chi connectivity index (χ4v) is 1.89. The van der Waals surface area contributed by atoms with E-state index >= 15 is 0 Å². The summed E-state index contributed by atoms with van der Waals surface area (Å²) in [4.78, 5) is 27.8. The second-order valence-electron chi connectivity index (χ2n) is 4.40. The average Bonchev–Trinajstić information content (AvgIpc) is 2.92. The number of nitrogens with zero attached hydrogens (tertiary/aromatic N) is 1. The molecule has 1 aromatic carbocycles. The van der Waals surface area contributed by atoms with E-state index in [9.17, 15) is 14.7 Å². The van der Waals surface area contributed by atoms with Gasteiger partial charge in [0.15, 0.2) is 0 Å². The van der Waals surface area contributed by atoms with Gasteiger partial charge in [0, 0.05) is 5.56 Å². The minimum Gasteiger partial charge on any atom is -0.479 e. The number of rotatable bonds is 4. The van der Waals surface area contributed by atoms with Crippen molar-refractivity contribution in [2.45, 2.75) is 12.0 Å². The molecule has 1 unspecified atom stereocenters. The van der Waals surface area contributed by atoms with Crippen LogP contribution in [0.5, 0.6) is 0 Å². The van der Waals surface area contributed by atoms with Crippen LogP contribution in [0, 0.1) is 11.3 Å². The first kappa shape index (κ1) is 14.6. The van der Waals surface area contributed by atoms with Crippen LogP contribution in [0.3, 0.4) is 0 Å². The summed E-state index contributed by atoms with van der Waals surface area (Å²) in [6, 6.07) is 8.55. The van der Waals surface area contributed by atoms with E-state index in [1.165, 1.54) is 13.2 Å². The first-order valence-corrected chi connectivity index (χ1v) is 5.98. The highest BCUT2D eigenvalue weighted by Crippen LogP contribution is 2.29. The minimum atomic E-state index is -1.83. The topological polar surface area (TPSA) is 109 Å². The molecule has 1 aromatic rings. The number of nitriles is 1. The Bertz CT molecular complexity index is 662. The normalized spacial score (nSPS) is 20.1. The third kappa shape index (κ3) is 2.85. The number of nitrogens with one attached hydrogen (secondary N) is 1. The molecule has 0 saturated carbocycles. The number of carboxylic acid groups (broad SMARTS) is 1. The summed E-state index contributed by atoms with van der Waals surface area (Å²) in [5.41, 5.74) is 2.05. The molecule has 0 spiro atoms. The average molecular weight is 288 g/mol. The van der Waals surface area contributed by atoms with Crippen molar-refractivity contribution in [3.05, 3.63) is 41.5 Å². The Balaban J connectivity index is 2.36. The van der Waals surface area contributed by atoms with Crippen molar-refractivity contribution >= 4 is 17.6 Å². The number of methoxy groups -OCH3 is 1. The number of carboxylic acids is 1. The van der Waals surface area contributed by atoms with E-state index in [4.69, 9.17) is 10.1 Å². The van der Waals surface area contributed by atoms with Crippen LogP contribution in [0.15, 0.2) is 30.3 Å². The molecule has 7 nitrogen and oxygen atoms in total. The fraction of sp³-hybridized carbons (Fsp3) is 0.214. The molecular formula is C14H12N2O5. The van der Waals surface area contributed by atoms with Crippen molar-refractivity contribution in [1.82, 2.24) is 5.48 Å². The highest BCUT2D eigenvalue weighted by Gasteiger charge is 2.45. The maximum Gasteiger partial charge on any atom is 0.343 e. The Hall–Kier alpha value is -2.85. The molecule has 21 heavy (non-hydrogen) atoms. The molecule has 2 N–H and O–H groups in total. The van der Waals surface area contributed by atoms with Gasteiger partial charge in [0.05, 0.1) is 30.9 Å². The van der Waals surface area contributed by atoms with Crippen molar-refractivity contribution in [2.75, 3.05) is 7.11 Å². The van der Waals surface area contributed by atoms with Crippen LogP contribution < -0.4 is 5.48 Å². The van der Waals surface area contributed by atoms with Gasteiger partial charge >= 0.3 is 11.9 Å². The Morgan fingerprint density at radius 2 is 2.29 bits per heavy atom. The molecule has 0 fully saturated rings. The SMILES string of the molecule is COC(=O)CC1(C(=O)O)C=C(c2cccc(C#N)c2)NO1. The zero-order valence-electron chi connectivity index (χ0n) is 11.1. The molecule has 0 radical (unpaired) electrons. The van der Waals surface area contributed by atoms with Crippen LogP contribution in [0.25, 0.3) is 5.70 Å². The van der Waals surface area contributed by atoms with Gasteiger partial charge in [-0.3, -0.25) is 15.1 Å². The Morgan fingerprint density at radius 3 is 2.90 bits per heavy atom. The number of ether oxygens (including phenoxy) is 1. The maximum absolute atomic E-state index is 11.4. The number of esters is 1. The van der Waals surface area contributed by atoms with Crippen molar-refractivity contribution in [1.29, 1.82) is 5.26 Å². The van der Waals surface area contributed by atoms with Crippen LogP contribution in [0.4, 0.5) is 0 Å². The first-order chi connectivity index (χ1) is 10.0. The van der Waals surface area contributed by atoms with Crippen LogP contribution >= 0.6 is 0 Å². The molecule has 0 saturated heterocycles. The van der Waals surface area contributed by atoms with Gasteiger partial charge in [-0.25, -0.2) is 4.79 Å². The molecular weight excluding hydrogens is 276 g/mol. The van der Waals surface area contributed by atoms with Gasteiger partial charge in [0.25, 0.3) is 0 Å². The second kappa shape index (κ2) is 5.64. The summed E-state index contributed by atoms with van der Waals surface area (Å²) in [7, 11) is 1.17. The smallest absolute Gasteiger partial charge is 0.343 e. The van der Waals surface area contributed by atoms with Gasteiger partial charge in [-0.15, -0.1) is 0 Å². The molecule has 0 bridgehead atoms. The van der Waals surface area contributed by atoms with Crippen molar-refractivity contribution < 1.29 is 24.3 Å². The molecule has 0 aliphatic carbocycles. The molecule has 1 aliphatic rings. The van der Waals surface area contributed by atoms with E-state index in [1.807, 2.05) is 6.07 Å². The molecule has 1 heterocycles. The van der Waals surface area contributed by atoms with E-state index in [2.05, 4.69) is 10.2 Å². The van der Waals surface area contributed by atoms with Crippen LogP contribution in [-0.4, -0.2) is 29.8 Å². The Labute approximate surface area is 120 Å². The van der Waals surface area contributed by atoms with E-state index in [0.717, 1.165) is 0 Å². The Kier molecular flexibility index (Phi) is 3.91. The molecule has 1 aliphatic heterocycles. The maximum atomic E-state index is 11.4. The Morgan fingerprint density at radius 1 is 1.52 bits per heavy atom. The highest BCUT2D eigenvalue weighted by atomic mass is 16.7. The largest absolute Gasteiger partial charge is 0.479 e. The summed E-state index contributed by atoms with van der Waals surface area (Å²) < 4.78 is 4.48. The van der Waals surface area contributed by atoms with E-state index in [1.54, 1.807) is 24.3 Å². The van der Waals surface area contributed by atoms with E-state index < -0.39 is 24.0 Å². The van der Waals surface area contributed by atoms with Gasteiger partial charge in [0.2, 0.25) is 5.60 Å². The number of benzene rings is 1. The molecule has 108 valence electrons. The molecule has 1 atom stereocenters. The quantitative estimate of drug-likeness (QED) is 0.789. The van der Waals surface area contributed by atoms with Gasteiger partial charge in [0.1, 0.15) is 0 Å². The molecule has 2 rings (SSSR count). The van der Waals surface area contributed by atoms with Gasteiger partial charge < -0.3 is 9.84 Å². The lowest BCUT2D eigenvalue weighted by Crippen LogP contribution is -2.41. The van der Waals surface area contributed by atoms with Crippen LogP contribution in [-0.2, 0) is 19.2 Å². The lowest BCUT2D eigenvalue weighted by atomic mass is 9.97. The number of hydrogen-bond donors (Lipinski definition) is 2. The monoisotopic (exact) mass is 288 g/mol. The van der Waals surface area contributed by atoms with Crippen molar-refractivity contribution in [3.8, 4) is 6.07 Å². The third-order valence-corrected chi connectivity index (χ3v) is 3.02. The number of hydroxylamine groups is 1. The highest BCUT2D eigenvalue weighted by molar-refractivity contribution is 5.90. The van der Waals surface area contributed by atoms with Gasteiger partial charge in [-0.2, -0.15) is 5.26 Å². The standard InChI is InChI=1S/C14H12N2O5/c1-20-12(17)7-14(13(18)19)6-11(16-21-14)10-4-2-3-9(5-10)8-15/h2-6,16H,7H2,1H3,(H,18,19). The van der Waals surface area contributed by atoms with E-state index in [-0.39, 0.29) is 0 Å². The fourth-order valence-electron chi connectivity index (χ4n) is 1.89. The number of carbonyl (C=O) groups is 2. The van der Waals surface area contributed by atoms with Gasteiger partial charge in [-0.1, -0.05) is 12.1 Å². The van der Waals surface area contributed by atoms with Gasteiger partial charge in [-0.05, 0) is 18.2 Å². The summed E-state index contributed by atoms with van der Waals surface area (Å²) in [6.45, 7) is 0. The summed E-state index contributed by atoms with van der Waals surface area (Å²) in [5, 5.41) is 18.2. The third-order valence-electron chi connectivity index (χ3n) is 3.02. The van der Waals surface area contributed by atoms with Crippen LogP contribution in [0.2, 0.25) is 0 Å². The lowest BCUT2D eigenvalue weighted by molar-refractivity contribution is -0.169. The predicted molar refractivity (Wildman–Crippen MR) is 70.4 cm³/mol.